The molecule has 0 atom stereocenters. The van der Waals surface area contributed by atoms with E-state index in [2.05, 4.69) is 11.8 Å². The summed E-state index contributed by atoms with van der Waals surface area (Å²) < 4.78 is 0. The van der Waals surface area contributed by atoms with Gasteiger partial charge in [0.25, 0.3) is 0 Å². The van der Waals surface area contributed by atoms with Crippen LogP contribution in [-0.2, 0) is 0 Å². The molecule has 2 nitrogen and oxygen atoms in total. The van der Waals surface area contributed by atoms with Gasteiger partial charge in [0.15, 0.2) is 0 Å². The zero-order valence-electron chi connectivity index (χ0n) is 7.42. The quantitative estimate of drug-likeness (QED) is 0.713. The summed E-state index contributed by atoms with van der Waals surface area (Å²) in [6.07, 6.45) is 0.410. The summed E-state index contributed by atoms with van der Waals surface area (Å²) in [7, 11) is 0. The van der Waals surface area contributed by atoms with Crippen LogP contribution in [0.1, 0.15) is 17.5 Å². The molecule has 0 saturated carbocycles. The molecule has 0 aliphatic carbocycles. The van der Waals surface area contributed by atoms with Crippen LogP contribution in [0, 0.1) is 23.2 Å². The maximum Gasteiger partial charge on any atom is 0.100 e. The van der Waals surface area contributed by atoms with Gasteiger partial charge in [-0.15, -0.1) is 0 Å². The predicted molar refractivity (Wildman–Crippen MR) is 54.7 cm³/mol. The fraction of sp³-hybridized carbons (Fsp3) is 0.182. The minimum atomic E-state index is 0.0302. The molecular weight excluding hydrogens is 198 g/mol. The van der Waals surface area contributed by atoms with E-state index in [-0.39, 0.29) is 6.61 Å². The van der Waals surface area contributed by atoms with E-state index in [0.29, 0.717) is 22.6 Å². The summed E-state index contributed by atoms with van der Waals surface area (Å²) in [4.78, 5) is 0. The van der Waals surface area contributed by atoms with Gasteiger partial charge in [0.1, 0.15) is 6.07 Å². The van der Waals surface area contributed by atoms with Crippen molar-refractivity contribution in [3.63, 3.8) is 0 Å². The van der Waals surface area contributed by atoms with Crippen LogP contribution in [0.4, 0.5) is 0 Å². The van der Waals surface area contributed by atoms with E-state index in [1.54, 1.807) is 18.2 Å². The van der Waals surface area contributed by atoms with E-state index in [1.165, 1.54) is 0 Å². The van der Waals surface area contributed by atoms with Crippen LogP contribution in [0.15, 0.2) is 18.2 Å². The molecule has 0 unspecified atom stereocenters. The minimum absolute atomic E-state index is 0.0302. The second-order valence-corrected chi connectivity index (χ2v) is 3.01. The lowest BCUT2D eigenvalue weighted by Crippen LogP contribution is -1.83. The summed E-state index contributed by atoms with van der Waals surface area (Å²) in [6, 6.07) is 6.97. The Kier molecular flexibility index (Phi) is 4.01. The van der Waals surface area contributed by atoms with E-state index in [4.69, 9.17) is 22.0 Å². The van der Waals surface area contributed by atoms with Crippen molar-refractivity contribution >= 4 is 11.6 Å². The average molecular weight is 206 g/mol. The van der Waals surface area contributed by atoms with Gasteiger partial charge in [-0.05, 0) is 18.2 Å². The molecular formula is C11H8ClNO. The van der Waals surface area contributed by atoms with Gasteiger partial charge in [-0.2, -0.15) is 5.26 Å². The highest BCUT2D eigenvalue weighted by atomic mass is 35.5. The summed E-state index contributed by atoms with van der Waals surface area (Å²) >= 11 is 5.72. The Hall–Kier alpha value is -1.48. The summed E-state index contributed by atoms with van der Waals surface area (Å²) in [5.74, 6) is 5.55. The van der Waals surface area contributed by atoms with Gasteiger partial charge in [0.2, 0.25) is 0 Å². The highest BCUT2D eigenvalue weighted by molar-refractivity contribution is 6.30. The van der Waals surface area contributed by atoms with Gasteiger partial charge in [-0.3, -0.25) is 0 Å². The van der Waals surface area contributed by atoms with Crippen molar-refractivity contribution in [2.24, 2.45) is 0 Å². The molecule has 1 N–H and O–H groups in total. The van der Waals surface area contributed by atoms with Crippen molar-refractivity contribution in [3.05, 3.63) is 34.3 Å². The summed E-state index contributed by atoms with van der Waals surface area (Å²) in [5, 5.41) is 17.8. The molecule has 1 rings (SSSR count). The molecule has 1 aromatic rings. The fourth-order valence-electron chi connectivity index (χ4n) is 0.932. The van der Waals surface area contributed by atoms with Crippen LogP contribution in [0.2, 0.25) is 5.02 Å². The van der Waals surface area contributed by atoms with Gasteiger partial charge in [-0.1, -0.05) is 23.4 Å². The maximum absolute atomic E-state index is 8.77. The van der Waals surface area contributed by atoms with Crippen molar-refractivity contribution in [1.29, 1.82) is 5.26 Å². The number of rotatable bonds is 1. The average Bonchev–Trinajstić information content (AvgIpc) is 2.20. The highest BCUT2D eigenvalue weighted by Gasteiger charge is 1.98. The topological polar surface area (TPSA) is 44.0 Å². The zero-order valence-corrected chi connectivity index (χ0v) is 8.17. The van der Waals surface area contributed by atoms with Gasteiger partial charge in [0, 0.05) is 17.0 Å². The molecule has 0 spiro atoms. The number of hydrogen-bond acceptors (Lipinski definition) is 2. The Labute approximate surface area is 87.7 Å². The number of aliphatic hydroxyl groups excluding tert-OH is 1. The van der Waals surface area contributed by atoms with Crippen molar-refractivity contribution < 1.29 is 5.11 Å². The second kappa shape index (κ2) is 5.29. The van der Waals surface area contributed by atoms with E-state index in [1.807, 2.05) is 6.07 Å². The first kappa shape index (κ1) is 10.6. The Morgan fingerprint density at radius 1 is 1.36 bits per heavy atom. The van der Waals surface area contributed by atoms with Crippen LogP contribution in [0.25, 0.3) is 0 Å². The first-order chi connectivity index (χ1) is 6.77. The molecule has 3 heteroatoms. The Morgan fingerprint density at radius 2 is 2.14 bits per heavy atom. The molecule has 0 aliphatic rings. The van der Waals surface area contributed by atoms with Crippen molar-refractivity contribution in [2.45, 2.75) is 6.42 Å². The lowest BCUT2D eigenvalue weighted by molar-refractivity contribution is 0.305. The van der Waals surface area contributed by atoms with E-state index in [0.717, 1.165) is 0 Å². The highest BCUT2D eigenvalue weighted by Crippen LogP contribution is 2.14. The second-order valence-electron chi connectivity index (χ2n) is 2.58. The third-order valence-electron chi connectivity index (χ3n) is 1.56. The maximum atomic E-state index is 8.77. The number of hydrogen-bond donors (Lipinski definition) is 1. The van der Waals surface area contributed by atoms with Crippen LogP contribution < -0.4 is 0 Å². The smallest absolute Gasteiger partial charge is 0.100 e. The molecule has 14 heavy (non-hydrogen) atoms. The van der Waals surface area contributed by atoms with Gasteiger partial charge < -0.3 is 5.11 Å². The van der Waals surface area contributed by atoms with Crippen LogP contribution >= 0.6 is 11.6 Å². The van der Waals surface area contributed by atoms with E-state index in [9.17, 15) is 0 Å². The van der Waals surface area contributed by atoms with Gasteiger partial charge in [0.05, 0.1) is 12.2 Å². The van der Waals surface area contributed by atoms with Crippen molar-refractivity contribution in [2.75, 3.05) is 6.61 Å². The van der Waals surface area contributed by atoms with Crippen LogP contribution in [0.5, 0.6) is 0 Å². The molecule has 0 radical (unpaired) electrons. The SMILES string of the molecule is N#Cc1cc(Cl)ccc1C#CCCO. The van der Waals surface area contributed by atoms with E-state index >= 15 is 0 Å². The normalized spacial score (nSPS) is 8.64. The molecule has 0 fully saturated rings. The molecule has 0 aliphatic heterocycles. The molecule has 0 bridgehead atoms. The molecule has 0 heterocycles. The van der Waals surface area contributed by atoms with Gasteiger partial charge in [-0.25, -0.2) is 0 Å². The summed E-state index contributed by atoms with van der Waals surface area (Å²) in [5.41, 5.74) is 1.10. The molecule has 0 saturated heterocycles. The molecule has 0 aromatic heterocycles. The number of nitriles is 1. The first-order valence-corrected chi connectivity index (χ1v) is 4.45. The van der Waals surface area contributed by atoms with Crippen molar-refractivity contribution in [3.8, 4) is 17.9 Å². The van der Waals surface area contributed by atoms with Gasteiger partial charge >= 0.3 is 0 Å². The molecule has 1 aromatic carbocycles. The Bertz CT molecular complexity index is 423. The number of benzene rings is 1. The van der Waals surface area contributed by atoms with Crippen molar-refractivity contribution in [1.82, 2.24) is 0 Å². The van der Waals surface area contributed by atoms with Crippen LogP contribution in [0.3, 0.4) is 0 Å². The number of halogens is 1. The largest absolute Gasteiger partial charge is 0.395 e. The Morgan fingerprint density at radius 3 is 2.79 bits per heavy atom. The fourth-order valence-corrected chi connectivity index (χ4v) is 1.10. The minimum Gasteiger partial charge on any atom is -0.395 e. The third kappa shape index (κ3) is 2.78. The predicted octanol–water partition coefficient (Wildman–Crippen LogP) is 1.95. The first-order valence-electron chi connectivity index (χ1n) is 4.07. The van der Waals surface area contributed by atoms with Crippen LogP contribution in [-0.4, -0.2) is 11.7 Å². The number of nitrogens with zero attached hydrogens (tertiary/aromatic N) is 1. The molecule has 0 amide bonds. The standard InChI is InChI=1S/C11H8ClNO/c12-11-5-4-9(3-1-2-6-14)10(7-11)8-13/h4-5,7,14H,2,6H2. The van der Waals surface area contributed by atoms with E-state index < -0.39 is 0 Å². The zero-order chi connectivity index (χ0) is 10.4. The third-order valence-corrected chi connectivity index (χ3v) is 1.80. The molecule has 70 valence electrons. The lowest BCUT2D eigenvalue weighted by Gasteiger charge is -1.95. The Balaban J connectivity index is 3.00. The lowest BCUT2D eigenvalue weighted by atomic mass is 10.1. The number of aliphatic hydroxyl groups is 1. The summed E-state index contributed by atoms with van der Waals surface area (Å²) in [6.45, 7) is 0.0302. The monoisotopic (exact) mass is 205 g/mol.